The monoisotopic (exact) mass is 315 g/mol. The zero-order chi connectivity index (χ0) is 14.7. The Hall–Kier alpha value is -2.24. The first-order valence-electron chi connectivity index (χ1n) is 6.15. The van der Waals surface area contributed by atoms with Gasteiger partial charge in [-0.05, 0) is 24.3 Å². The third-order valence-electron chi connectivity index (χ3n) is 2.79. The van der Waals surface area contributed by atoms with Gasteiger partial charge in [0.05, 0.1) is 0 Å². The Bertz CT molecular complexity index is 774. The number of pyridine rings is 1. The largest absolute Gasteiger partial charge is 0.322 e. The summed E-state index contributed by atoms with van der Waals surface area (Å²) in [7, 11) is 0. The first-order valence-corrected chi connectivity index (χ1v) is 7.41. The smallest absolute Gasteiger partial charge is 0.255 e. The lowest BCUT2D eigenvalue weighted by Gasteiger charge is -2.06. The van der Waals surface area contributed by atoms with Gasteiger partial charge < -0.3 is 5.32 Å². The third kappa shape index (κ3) is 3.26. The Kier molecular flexibility index (Phi) is 3.94. The summed E-state index contributed by atoms with van der Waals surface area (Å²) >= 11 is 7.34. The summed E-state index contributed by atoms with van der Waals surface area (Å²) in [5.74, 6) is -0.226. The lowest BCUT2D eigenvalue weighted by molar-refractivity contribution is 0.102. The van der Waals surface area contributed by atoms with Gasteiger partial charge in [-0.3, -0.25) is 4.79 Å². The van der Waals surface area contributed by atoms with Crippen LogP contribution in [0.15, 0.2) is 54.2 Å². The zero-order valence-corrected chi connectivity index (χ0v) is 12.4. The van der Waals surface area contributed by atoms with Gasteiger partial charge in [0.1, 0.15) is 10.2 Å². The molecule has 1 N–H and O–H groups in total. The van der Waals surface area contributed by atoms with E-state index in [0.717, 1.165) is 10.6 Å². The van der Waals surface area contributed by atoms with Gasteiger partial charge >= 0.3 is 0 Å². The second kappa shape index (κ2) is 6.03. The summed E-state index contributed by atoms with van der Waals surface area (Å²) < 4.78 is 0. The number of benzene rings is 1. The molecule has 0 aliphatic heterocycles. The molecule has 0 radical (unpaired) electrons. The standard InChI is InChI=1S/C15H10ClN3OS/c16-13-9-10(4-5-17-13)14(20)19-12-3-1-2-11(8-12)15-18-6-7-21-15/h1-9H,(H,19,20). The van der Waals surface area contributed by atoms with Gasteiger partial charge in [0.2, 0.25) is 0 Å². The molecular weight excluding hydrogens is 306 g/mol. The molecule has 3 aromatic rings. The molecule has 104 valence electrons. The Morgan fingerprint density at radius 2 is 2.05 bits per heavy atom. The minimum Gasteiger partial charge on any atom is -0.322 e. The maximum atomic E-state index is 12.2. The molecule has 0 unspecified atom stereocenters. The van der Waals surface area contributed by atoms with Crippen LogP contribution in [0, 0.1) is 0 Å². The number of hydrogen-bond acceptors (Lipinski definition) is 4. The van der Waals surface area contributed by atoms with Crippen molar-refractivity contribution in [1.82, 2.24) is 9.97 Å². The molecule has 6 heteroatoms. The van der Waals surface area contributed by atoms with Gasteiger partial charge in [-0.25, -0.2) is 9.97 Å². The number of nitrogens with one attached hydrogen (secondary N) is 1. The highest BCUT2D eigenvalue weighted by Gasteiger charge is 2.08. The van der Waals surface area contributed by atoms with Crippen molar-refractivity contribution in [2.45, 2.75) is 0 Å². The van der Waals surface area contributed by atoms with E-state index in [2.05, 4.69) is 15.3 Å². The van der Waals surface area contributed by atoms with E-state index in [0.29, 0.717) is 16.4 Å². The van der Waals surface area contributed by atoms with Crippen molar-refractivity contribution < 1.29 is 4.79 Å². The van der Waals surface area contributed by atoms with Crippen LogP contribution in [0.3, 0.4) is 0 Å². The van der Waals surface area contributed by atoms with Crippen molar-refractivity contribution in [3.63, 3.8) is 0 Å². The third-order valence-corrected chi connectivity index (χ3v) is 3.82. The maximum Gasteiger partial charge on any atom is 0.255 e. The van der Waals surface area contributed by atoms with Crippen molar-refractivity contribution >= 4 is 34.5 Å². The molecule has 3 rings (SSSR count). The van der Waals surface area contributed by atoms with Crippen LogP contribution in [-0.2, 0) is 0 Å². The van der Waals surface area contributed by atoms with E-state index in [1.54, 1.807) is 23.6 Å². The Balaban J connectivity index is 1.82. The van der Waals surface area contributed by atoms with Gasteiger partial charge in [-0.2, -0.15) is 0 Å². The number of halogens is 1. The van der Waals surface area contributed by atoms with E-state index >= 15 is 0 Å². The normalized spacial score (nSPS) is 10.3. The molecule has 1 aromatic carbocycles. The van der Waals surface area contributed by atoms with Crippen molar-refractivity contribution in [2.75, 3.05) is 5.32 Å². The van der Waals surface area contributed by atoms with Crippen LogP contribution in [0.4, 0.5) is 5.69 Å². The Morgan fingerprint density at radius 1 is 1.14 bits per heavy atom. The van der Waals surface area contributed by atoms with Crippen molar-refractivity contribution in [2.24, 2.45) is 0 Å². The number of nitrogens with zero attached hydrogens (tertiary/aromatic N) is 2. The van der Waals surface area contributed by atoms with Crippen LogP contribution < -0.4 is 5.32 Å². The second-order valence-electron chi connectivity index (χ2n) is 4.24. The summed E-state index contributed by atoms with van der Waals surface area (Å²) in [4.78, 5) is 20.3. The number of carbonyl (C=O) groups excluding carboxylic acids is 1. The quantitative estimate of drug-likeness (QED) is 0.740. The van der Waals surface area contributed by atoms with E-state index in [-0.39, 0.29) is 5.91 Å². The zero-order valence-electron chi connectivity index (χ0n) is 10.8. The van der Waals surface area contributed by atoms with E-state index in [1.165, 1.54) is 12.3 Å². The predicted octanol–water partition coefficient (Wildman–Crippen LogP) is 4.11. The summed E-state index contributed by atoms with van der Waals surface area (Å²) in [5.41, 5.74) is 2.14. The summed E-state index contributed by atoms with van der Waals surface area (Å²) in [6.07, 6.45) is 3.26. The number of hydrogen-bond donors (Lipinski definition) is 1. The van der Waals surface area contributed by atoms with Crippen LogP contribution >= 0.6 is 22.9 Å². The van der Waals surface area contributed by atoms with Gasteiger partial charge in [0, 0.05) is 34.6 Å². The summed E-state index contributed by atoms with van der Waals surface area (Å²) in [5, 5.41) is 5.96. The molecule has 2 aromatic heterocycles. The van der Waals surface area contributed by atoms with Crippen LogP contribution in [-0.4, -0.2) is 15.9 Å². The van der Waals surface area contributed by atoms with Gasteiger partial charge in [-0.1, -0.05) is 23.7 Å². The molecule has 0 aliphatic carbocycles. The molecule has 2 heterocycles. The number of anilines is 1. The number of amides is 1. The highest BCUT2D eigenvalue weighted by molar-refractivity contribution is 7.13. The highest BCUT2D eigenvalue weighted by Crippen LogP contribution is 2.24. The van der Waals surface area contributed by atoms with Crippen LogP contribution in [0.5, 0.6) is 0 Å². The van der Waals surface area contributed by atoms with Crippen molar-refractivity contribution in [1.29, 1.82) is 0 Å². The van der Waals surface area contributed by atoms with Crippen LogP contribution in [0.2, 0.25) is 5.15 Å². The Labute approximate surface area is 130 Å². The molecule has 21 heavy (non-hydrogen) atoms. The first-order chi connectivity index (χ1) is 10.2. The van der Waals surface area contributed by atoms with Crippen LogP contribution in [0.25, 0.3) is 10.6 Å². The molecular formula is C15H10ClN3OS. The number of aromatic nitrogens is 2. The minimum absolute atomic E-state index is 0.226. The molecule has 0 saturated carbocycles. The molecule has 0 fully saturated rings. The fourth-order valence-electron chi connectivity index (χ4n) is 1.84. The fourth-order valence-corrected chi connectivity index (χ4v) is 2.65. The van der Waals surface area contributed by atoms with E-state index in [4.69, 9.17) is 11.6 Å². The lowest BCUT2D eigenvalue weighted by Crippen LogP contribution is -2.11. The fraction of sp³-hybridized carbons (Fsp3) is 0. The molecule has 1 amide bonds. The van der Waals surface area contributed by atoms with Gasteiger partial charge in [0.15, 0.2) is 0 Å². The maximum absolute atomic E-state index is 12.2. The van der Waals surface area contributed by atoms with E-state index in [1.807, 2.05) is 29.6 Å². The molecule has 0 saturated heterocycles. The van der Waals surface area contributed by atoms with E-state index in [9.17, 15) is 4.79 Å². The summed E-state index contributed by atoms with van der Waals surface area (Å²) in [6.45, 7) is 0. The van der Waals surface area contributed by atoms with E-state index < -0.39 is 0 Å². The SMILES string of the molecule is O=C(Nc1cccc(-c2nccs2)c1)c1ccnc(Cl)c1. The molecule has 0 bridgehead atoms. The van der Waals surface area contributed by atoms with Crippen molar-refractivity contribution in [3.8, 4) is 10.6 Å². The second-order valence-corrected chi connectivity index (χ2v) is 5.52. The predicted molar refractivity (Wildman–Crippen MR) is 84.8 cm³/mol. The Morgan fingerprint density at radius 3 is 2.81 bits per heavy atom. The molecule has 0 atom stereocenters. The van der Waals surface area contributed by atoms with Crippen molar-refractivity contribution in [3.05, 3.63) is 64.9 Å². The number of thiazole rings is 1. The number of rotatable bonds is 3. The first kappa shape index (κ1) is 13.7. The molecule has 4 nitrogen and oxygen atoms in total. The minimum atomic E-state index is -0.226. The summed E-state index contributed by atoms with van der Waals surface area (Å²) in [6, 6.07) is 10.7. The molecule has 0 spiro atoms. The lowest BCUT2D eigenvalue weighted by atomic mass is 10.2. The molecule has 0 aliphatic rings. The van der Waals surface area contributed by atoms with Gasteiger partial charge in [0.25, 0.3) is 5.91 Å². The number of carbonyl (C=O) groups is 1. The average Bonchev–Trinajstić information content (AvgIpc) is 3.02. The highest BCUT2D eigenvalue weighted by atomic mass is 35.5. The van der Waals surface area contributed by atoms with Crippen LogP contribution in [0.1, 0.15) is 10.4 Å². The average molecular weight is 316 g/mol. The topological polar surface area (TPSA) is 54.9 Å². The van der Waals surface area contributed by atoms with Gasteiger partial charge in [-0.15, -0.1) is 11.3 Å².